The van der Waals surface area contributed by atoms with E-state index in [0.29, 0.717) is 0 Å². The Labute approximate surface area is 85.2 Å². The van der Waals surface area contributed by atoms with Crippen molar-refractivity contribution < 1.29 is 0 Å². The molecule has 2 rings (SSSR count). The monoisotopic (exact) mass is 200 g/mol. The van der Waals surface area contributed by atoms with Gasteiger partial charge in [0, 0.05) is 0 Å². The van der Waals surface area contributed by atoms with E-state index in [0.717, 1.165) is 11.3 Å². The molecule has 0 radical (unpaired) electrons. The Hall–Kier alpha value is 0.270. The van der Waals surface area contributed by atoms with Gasteiger partial charge in [-0.15, -0.1) is 11.8 Å². The first-order chi connectivity index (χ1) is 6.45. The molecule has 2 saturated heterocycles. The molecule has 1 unspecified atom stereocenters. The molecule has 0 spiro atoms. The summed E-state index contributed by atoms with van der Waals surface area (Å²) in [6.45, 7) is 3.70. The van der Waals surface area contributed by atoms with Crippen LogP contribution >= 0.6 is 11.8 Å². The fourth-order valence-electron chi connectivity index (χ4n) is 2.12. The number of nitrogens with one attached hydrogen (secondary N) is 2. The molecule has 13 heavy (non-hydrogen) atoms. The summed E-state index contributed by atoms with van der Waals surface area (Å²) in [7, 11) is 0. The molecule has 1 atom stereocenters. The quantitative estimate of drug-likeness (QED) is 0.721. The van der Waals surface area contributed by atoms with Crippen molar-refractivity contribution in [1.82, 2.24) is 10.6 Å². The van der Waals surface area contributed by atoms with E-state index < -0.39 is 0 Å². The van der Waals surface area contributed by atoms with E-state index in [4.69, 9.17) is 0 Å². The van der Waals surface area contributed by atoms with Gasteiger partial charge in [-0.2, -0.15) is 0 Å². The van der Waals surface area contributed by atoms with Gasteiger partial charge in [-0.05, 0) is 57.0 Å². The lowest BCUT2D eigenvalue weighted by Crippen LogP contribution is -2.36. The first-order valence-corrected chi connectivity index (χ1v) is 6.56. The molecule has 0 amide bonds. The van der Waals surface area contributed by atoms with Crippen molar-refractivity contribution in [2.45, 2.75) is 31.1 Å². The van der Waals surface area contributed by atoms with Crippen molar-refractivity contribution in [2.24, 2.45) is 5.92 Å². The van der Waals surface area contributed by atoms with Gasteiger partial charge in [0.05, 0.1) is 5.37 Å². The van der Waals surface area contributed by atoms with E-state index in [2.05, 4.69) is 22.4 Å². The highest BCUT2D eigenvalue weighted by atomic mass is 32.2. The Morgan fingerprint density at radius 1 is 1.23 bits per heavy atom. The largest absolute Gasteiger partial charge is 0.317 e. The van der Waals surface area contributed by atoms with Gasteiger partial charge in [-0.3, -0.25) is 0 Å². The van der Waals surface area contributed by atoms with Gasteiger partial charge in [0.15, 0.2) is 0 Å². The molecule has 3 heteroatoms. The van der Waals surface area contributed by atoms with Crippen LogP contribution in [0.25, 0.3) is 0 Å². The lowest BCUT2D eigenvalue weighted by atomic mass is 9.98. The molecule has 2 aliphatic rings. The van der Waals surface area contributed by atoms with Crippen LogP contribution in [-0.2, 0) is 0 Å². The number of rotatable bonds is 3. The van der Waals surface area contributed by atoms with Crippen LogP contribution in [0.5, 0.6) is 0 Å². The zero-order valence-electron chi connectivity index (χ0n) is 8.22. The molecular weight excluding hydrogens is 180 g/mol. The Morgan fingerprint density at radius 3 is 2.77 bits per heavy atom. The summed E-state index contributed by atoms with van der Waals surface area (Å²) in [5, 5.41) is 7.87. The van der Waals surface area contributed by atoms with Gasteiger partial charge >= 0.3 is 0 Å². The molecule has 0 bridgehead atoms. The topological polar surface area (TPSA) is 24.1 Å². The smallest absolute Gasteiger partial charge is 0.0532 e. The van der Waals surface area contributed by atoms with Crippen molar-refractivity contribution in [2.75, 3.05) is 25.4 Å². The van der Waals surface area contributed by atoms with Crippen molar-refractivity contribution in [3.8, 4) is 0 Å². The molecular formula is C10H20N2S. The van der Waals surface area contributed by atoms with E-state index in [1.165, 1.54) is 51.1 Å². The SMILES string of the molecule is C1CSC(NCC2CCNCC2)C1. The van der Waals surface area contributed by atoms with Crippen LogP contribution in [0, 0.1) is 5.92 Å². The van der Waals surface area contributed by atoms with Crippen LogP contribution < -0.4 is 10.6 Å². The number of piperidine rings is 1. The van der Waals surface area contributed by atoms with Crippen LogP contribution in [0.15, 0.2) is 0 Å². The molecule has 0 aromatic rings. The Bertz CT molecular complexity index is 140. The molecule has 0 aromatic heterocycles. The third-order valence-corrected chi connectivity index (χ3v) is 4.35. The first-order valence-electron chi connectivity index (χ1n) is 5.51. The minimum absolute atomic E-state index is 0.773. The van der Waals surface area contributed by atoms with E-state index in [-0.39, 0.29) is 0 Å². The minimum atomic E-state index is 0.773. The van der Waals surface area contributed by atoms with Crippen LogP contribution in [-0.4, -0.2) is 30.8 Å². The van der Waals surface area contributed by atoms with Gasteiger partial charge in [-0.25, -0.2) is 0 Å². The summed E-state index contributed by atoms with van der Waals surface area (Å²) in [6.07, 6.45) is 5.53. The Morgan fingerprint density at radius 2 is 2.08 bits per heavy atom. The maximum absolute atomic E-state index is 3.69. The first kappa shape index (κ1) is 9.81. The standard InChI is InChI=1S/C10H20N2S/c1-2-10(13-7-1)12-8-9-3-5-11-6-4-9/h9-12H,1-8H2. The van der Waals surface area contributed by atoms with Gasteiger partial charge < -0.3 is 10.6 Å². The molecule has 2 N–H and O–H groups in total. The van der Waals surface area contributed by atoms with Crippen molar-refractivity contribution in [1.29, 1.82) is 0 Å². The second kappa shape index (κ2) is 5.23. The highest BCUT2D eigenvalue weighted by Crippen LogP contribution is 2.24. The molecule has 2 heterocycles. The molecule has 2 aliphatic heterocycles. The third kappa shape index (κ3) is 3.15. The molecule has 0 saturated carbocycles. The molecule has 0 aliphatic carbocycles. The maximum Gasteiger partial charge on any atom is 0.0532 e. The normalized spacial score (nSPS) is 30.9. The van der Waals surface area contributed by atoms with Crippen molar-refractivity contribution >= 4 is 11.8 Å². The summed E-state index contributed by atoms with van der Waals surface area (Å²) < 4.78 is 0. The molecule has 2 nitrogen and oxygen atoms in total. The number of hydrogen-bond acceptors (Lipinski definition) is 3. The van der Waals surface area contributed by atoms with E-state index in [1.54, 1.807) is 0 Å². The van der Waals surface area contributed by atoms with Gasteiger partial charge in [0.2, 0.25) is 0 Å². The summed E-state index contributed by atoms with van der Waals surface area (Å²) >= 11 is 2.10. The lowest BCUT2D eigenvalue weighted by Gasteiger charge is -2.24. The highest BCUT2D eigenvalue weighted by Gasteiger charge is 2.18. The molecule has 2 fully saturated rings. The lowest BCUT2D eigenvalue weighted by molar-refractivity contribution is 0.353. The number of thioether (sulfide) groups is 1. The van der Waals surface area contributed by atoms with E-state index >= 15 is 0 Å². The zero-order valence-corrected chi connectivity index (χ0v) is 9.04. The predicted molar refractivity (Wildman–Crippen MR) is 59.1 cm³/mol. The summed E-state index contributed by atoms with van der Waals surface area (Å²) in [6, 6.07) is 0. The molecule has 0 aromatic carbocycles. The summed E-state index contributed by atoms with van der Waals surface area (Å²) in [5.74, 6) is 2.30. The van der Waals surface area contributed by atoms with Crippen molar-refractivity contribution in [3.05, 3.63) is 0 Å². The third-order valence-electron chi connectivity index (χ3n) is 3.02. The van der Waals surface area contributed by atoms with Crippen LogP contribution in [0.4, 0.5) is 0 Å². The van der Waals surface area contributed by atoms with Crippen LogP contribution in [0.1, 0.15) is 25.7 Å². The molecule has 76 valence electrons. The fraction of sp³-hybridized carbons (Fsp3) is 1.00. The second-order valence-electron chi connectivity index (χ2n) is 4.10. The average Bonchev–Trinajstić information content (AvgIpc) is 2.69. The van der Waals surface area contributed by atoms with Gasteiger partial charge in [0.1, 0.15) is 0 Å². The second-order valence-corrected chi connectivity index (χ2v) is 5.41. The summed E-state index contributed by atoms with van der Waals surface area (Å²) in [5.41, 5.74) is 0. The number of hydrogen-bond donors (Lipinski definition) is 2. The maximum atomic E-state index is 3.69. The summed E-state index contributed by atoms with van der Waals surface area (Å²) in [4.78, 5) is 0. The van der Waals surface area contributed by atoms with Crippen LogP contribution in [0.2, 0.25) is 0 Å². The van der Waals surface area contributed by atoms with E-state index in [1.807, 2.05) is 0 Å². The van der Waals surface area contributed by atoms with Crippen LogP contribution in [0.3, 0.4) is 0 Å². The average molecular weight is 200 g/mol. The Kier molecular flexibility index (Phi) is 3.94. The van der Waals surface area contributed by atoms with Gasteiger partial charge in [0.25, 0.3) is 0 Å². The highest BCUT2D eigenvalue weighted by molar-refractivity contribution is 8.00. The predicted octanol–water partition coefficient (Wildman–Crippen LogP) is 1.43. The van der Waals surface area contributed by atoms with Crippen molar-refractivity contribution in [3.63, 3.8) is 0 Å². The van der Waals surface area contributed by atoms with Gasteiger partial charge in [-0.1, -0.05) is 0 Å². The van der Waals surface area contributed by atoms with E-state index in [9.17, 15) is 0 Å². The minimum Gasteiger partial charge on any atom is -0.317 e. The fourth-order valence-corrected chi connectivity index (χ4v) is 3.29. The zero-order chi connectivity index (χ0) is 8.93. The Balaban J connectivity index is 1.60.